The lowest BCUT2D eigenvalue weighted by molar-refractivity contribution is -0.137. The van der Waals surface area contributed by atoms with Gasteiger partial charge in [0.25, 0.3) is 0 Å². The highest BCUT2D eigenvalue weighted by Gasteiger charge is 2.34. The lowest BCUT2D eigenvalue weighted by atomic mass is 10.00. The van der Waals surface area contributed by atoms with E-state index in [4.69, 9.17) is 18.9 Å². The van der Waals surface area contributed by atoms with E-state index in [-0.39, 0.29) is 41.9 Å². The van der Waals surface area contributed by atoms with Gasteiger partial charge in [0.2, 0.25) is 5.75 Å². The molecule has 0 radical (unpaired) electrons. The number of alkyl halides is 3. The second-order valence-electron chi connectivity index (χ2n) is 25.8. The van der Waals surface area contributed by atoms with Crippen molar-refractivity contribution >= 4 is 35.2 Å². The molecule has 9 rings (SSSR count). The van der Waals surface area contributed by atoms with Crippen molar-refractivity contribution in [3.05, 3.63) is 144 Å². The van der Waals surface area contributed by atoms with Crippen molar-refractivity contribution in [1.29, 1.82) is 0 Å². The van der Waals surface area contributed by atoms with Crippen LogP contribution in [0.3, 0.4) is 0 Å². The summed E-state index contributed by atoms with van der Waals surface area (Å²) in [7, 11) is 6.26. The Morgan fingerprint density at radius 2 is 0.968 bits per heavy atom. The molecule has 2 unspecified atom stereocenters. The molecule has 0 bridgehead atoms. The first-order valence-electron chi connectivity index (χ1n) is 34.8. The van der Waals surface area contributed by atoms with E-state index in [9.17, 15) is 27.6 Å². The minimum atomic E-state index is -4.44. The third-order valence-corrected chi connectivity index (χ3v) is 19.0. The van der Waals surface area contributed by atoms with Gasteiger partial charge in [-0.05, 0) is 151 Å². The highest BCUT2D eigenvalue weighted by molar-refractivity contribution is 5.91. The number of benzene rings is 5. The standard InChI is InChI=1S/C29H42N4O.C27H39N3O4.C19H28F3N3O2/c1-3-9-24(2)32-20-16-28(17-21-32)33(23-25-10-5-4-6-11-25)29(34)30-27-14-12-26(13-15-27)22-31-18-7-8-19-31;1-6-10-20(2)29-15-13-23(14-16-29)30(19-21-11-8-7-9-12-21)27(31)28-22-17-24(32-3)26(34-5)25(18-22)33-4;1-3-9-24-10-7-17(8-11-24)25(12-13-27-2)18(26)23-16-6-4-5-15(14-16)19(20,21)22/h4-6,10-15,24,28H,3,7-9,16-23H2,1-2H3,(H,30,34);7-9,11-12,17-18,20,23H,6,10,13-16,19H2,1-5H3,(H,28,31);4-6,14,17H,3,7-13H2,1-2H3,(H,23,26). The van der Waals surface area contributed by atoms with Crippen molar-refractivity contribution in [3.63, 3.8) is 0 Å². The number of nitrogens with zero attached hydrogens (tertiary/aromatic N) is 7. The summed E-state index contributed by atoms with van der Waals surface area (Å²) in [6.07, 6.45) is 9.81. The fourth-order valence-corrected chi connectivity index (χ4v) is 13.6. The number of likely N-dealkylation sites (tertiary alicyclic amines) is 4. The van der Waals surface area contributed by atoms with E-state index in [0.29, 0.717) is 61.3 Å². The van der Waals surface area contributed by atoms with Crippen LogP contribution in [0.25, 0.3) is 0 Å². The first kappa shape index (κ1) is 75.3. The van der Waals surface area contributed by atoms with Crippen LogP contribution in [0.5, 0.6) is 17.2 Å². The molecule has 4 aliphatic rings. The zero-order chi connectivity index (χ0) is 68.1. The molecular weight excluding hydrogens is 1210 g/mol. The lowest BCUT2D eigenvalue weighted by Crippen LogP contribution is -2.50. The number of rotatable bonds is 26. The molecule has 4 fully saturated rings. The van der Waals surface area contributed by atoms with Crippen molar-refractivity contribution in [2.24, 2.45) is 0 Å². The number of anilines is 3. The Hall–Kier alpha value is -7.10. The molecule has 4 heterocycles. The second kappa shape index (κ2) is 39.2. The number of amides is 6. The van der Waals surface area contributed by atoms with Crippen LogP contribution in [0, 0.1) is 0 Å². The Bertz CT molecular complexity index is 3000. The van der Waals surface area contributed by atoms with Crippen LogP contribution in [-0.2, 0) is 30.5 Å². The monoisotopic (exact) mass is 1320 g/mol. The SMILES string of the molecule is CCCC(C)N1CCC(N(Cc2ccccc2)C(=O)Nc2cc(OC)c(OC)c(OC)c2)CC1.CCCC(C)N1CCC(N(Cc2ccccc2)C(=O)Nc2ccc(CN3CCCC3)cc2)CC1.CCCN1CCC(N(CCOC)C(=O)Nc2cccc(C(F)(F)F)c2)CC1. The van der Waals surface area contributed by atoms with E-state index in [1.807, 2.05) is 29.2 Å². The molecule has 5 aromatic carbocycles. The summed E-state index contributed by atoms with van der Waals surface area (Å²) in [4.78, 5) is 55.6. The molecule has 0 aliphatic carbocycles. The summed E-state index contributed by atoms with van der Waals surface area (Å²) >= 11 is 0. The smallest absolute Gasteiger partial charge is 0.416 e. The van der Waals surface area contributed by atoms with Gasteiger partial charge in [0.1, 0.15) is 0 Å². The Kier molecular flexibility index (Phi) is 31.1. The number of carbonyl (C=O) groups excluding carboxylic acids is 3. The summed E-state index contributed by atoms with van der Waals surface area (Å²) in [5.41, 5.74) is 4.45. The van der Waals surface area contributed by atoms with Gasteiger partial charge in [0.05, 0.1) is 39.2 Å². The number of urea groups is 3. The van der Waals surface area contributed by atoms with Crippen LogP contribution in [-0.4, -0.2) is 183 Å². The third kappa shape index (κ3) is 23.6. The molecule has 95 heavy (non-hydrogen) atoms. The number of carbonyl (C=O) groups is 3. The lowest BCUT2D eigenvalue weighted by Gasteiger charge is -2.40. The average molecular weight is 1320 g/mol. The molecule has 20 heteroatoms. The summed E-state index contributed by atoms with van der Waals surface area (Å²) in [5, 5.41) is 8.88. The van der Waals surface area contributed by atoms with Gasteiger partial charge in [0, 0.05) is 126 Å². The van der Waals surface area contributed by atoms with Gasteiger partial charge in [-0.15, -0.1) is 0 Å². The largest absolute Gasteiger partial charge is 0.493 e. The van der Waals surface area contributed by atoms with E-state index < -0.39 is 11.7 Å². The van der Waals surface area contributed by atoms with E-state index in [0.717, 1.165) is 121 Å². The minimum Gasteiger partial charge on any atom is -0.493 e. The second-order valence-corrected chi connectivity index (χ2v) is 25.8. The maximum absolute atomic E-state index is 13.6. The van der Waals surface area contributed by atoms with Gasteiger partial charge < -0.3 is 64.3 Å². The van der Waals surface area contributed by atoms with Crippen molar-refractivity contribution in [2.75, 3.05) is 116 Å². The number of piperidine rings is 3. The van der Waals surface area contributed by atoms with Crippen molar-refractivity contribution in [2.45, 2.75) is 174 Å². The molecule has 2 atom stereocenters. The maximum atomic E-state index is 13.6. The number of halogens is 3. The summed E-state index contributed by atoms with van der Waals surface area (Å²) < 4.78 is 60.0. The molecular formula is C75H109F3N10O7. The molecule has 5 aromatic rings. The average Bonchev–Trinajstić information content (AvgIpc) is 1.21. The van der Waals surface area contributed by atoms with Crippen LogP contribution in [0.1, 0.15) is 140 Å². The van der Waals surface area contributed by atoms with E-state index >= 15 is 0 Å². The molecule has 0 spiro atoms. The van der Waals surface area contributed by atoms with Crippen LogP contribution in [0.4, 0.5) is 44.6 Å². The van der Waals surface area contributed by atoms with Gasteiger partial charge in [-0.3, -0.25) is 4.90 Å². The van der Waals surface area contributed by atoms with Crippen LogP contribution in [0.2, 0.25) is 0 Å². The molecule has 0 aromatic heterocycles. The highest BCUT2D eigenvalue weighted by Crippen LogP contribution is 2.40. The number of hydrogen-bond acceptors (Lipinski definition) is 11. The van der Waals surface area contributed by atoms with E-state index in [1.54, 1.807) is 45.5 Å². The van der Waals surface area contributed by atoms with Gasteiger partial charge in [-0.1, -0.05) is 112 Å². The molecule has 17 nitrogen and oxygen atoms in total. The molecule has 522 valence electrons. The Morgan fingerprint density at radius 1 is 0.505 bits per heavy atom. The molecule has 3 N–H and O–H groups in total. The third-order valence-electron chi connectivity index (χ3n) is 19.0. The summed E-state index contributed by atoms with van der Waals surface area (Å²) in [5.74, 6) is 1.51. The minimum absolute atomic E-state index is 0.0104. The number of nitrogens with one attached hydrogen (secondary N) is 3. The normalized spacial score (nSPS) is 16.8. The Labute approximate surface area is 564 Å². The first-order valence-corrected chi connectivity index (χ1v) is 34.8. The zero-order valence-electron chi connectivity index (χ0n) is 58.1. The zero-order valence-corrected chi connectivity index (χ0v) is 58.1. The number of hydrogen-bond donors (Lipinski definition) is 3. The maximum Gasteiger partial charge on any atom is 0.416 e. The van der Waals surface area contributed by atoms with Crippen LogP contribution < -0.4 is 30.2 Å². The van der Waals surface area contributed by atoms with E-state index in [2.05, 4.69) is 136 Å². The van der Waals surface area contributed by atoms with Crippen molar-refractivity contribution in [1.82, 2.24) is 34.3 Å². The molecule has 4 saturated heterocycles. The molecule has 0 saturated carbocycles. The topological polar surface area (TPSA) is 147 Å². The quantitative estimate of drug-likeness (QED) is 0.0486. The Balaban J connectivity index is 0.000000203. The van der Waals surface area contributed by atoms with Crippen molar-refractivity contribution in [3.8, 4) is 17.2 Å². The van der Waals surface area contributed by atoms with Gasteiger partial charge >= 0.3 is 24.3 Å². The fourth-order valence-electron chi connectivity index (χ4n) is 13.6. The summed E-state index contributed by atoms with van der Waals surface area (Å²) in [6.45, 7) is 23.7. The fraction of sp³-hybridized carbons (Fsp3) is 0.560. The molecule has 6 amide bonds. The highest BCUT2D eigenvalue weighted by atomic mass is 19.4. The number of ether oxygens (including phenoxy) is 4. The van der Waals surface area contributed by atoms with Gasteiger partial charge in [-0.2, -0.15) is 13.2 Å². The predicted octanol–water partition coefficient (Wildman–Crippen LogP) is 15.4. The number of methoxy groups -OCH3 is 4. The predicted molar refractivity (Wildman–Crippen MR) is 376 cm³/mol. The van der Waals surface area contributed by atoms with Crippen LogP contribution in [0.15, 0.2) is 121 Å². The van der Waals surface area contributed by atoms with E-state index in [1.165, 1.54) is 74.9 Å². The first-order chi connectivity index (χ1) is 46.0. The summed E-state index contributed by atoms with van der Waals surface area (Å²) in [6, 6.07) is 38.4. The molecule has 4 aliphatic heterocycles. The van der Waals surface area contributed by atoms with Crippen LogP contribution >= 0.6 is 0 Å². The Morgan fingerprint density at radius 3 is 1.42 bits per heavy atom. The van der Waals surface area contributed by atoms with Gasteiger partial charge in [0.15, 0.2) is 11.5 Å². The van der Waals surface area contributed by atoms with Crippen molar-refractivity contribution < 1.29 is 46.5 Å². The van der Waals surface area contributed by atoms with Gasteiger partial charge in [-0.25, -0.2) is 14.4 Å².